The highest BCUT2D eigenvalue weighted by atomic mass is 32.1. The summed E-state index contributed by atoms with van der Waals surface area (Å²) in [5.74, 6) is 6.60. The molecule has 2 rings (SSSR count). The summed E-state index contributed by atoms with van der Waals surface area (Å²) in [6.07, 6.45) is 2.16. The molecule has 1 aliphatic rings. The average molecular weight is 199 g/mol. The van der Waals surface area contributed by atoms with Crippen molar-refractivity contribution >= 4 is 17.2 Å². The second-order valence-corrected chi connectivity index (χ2v) is 3.99. The number of thiazole rings is 1. The van der Waals surface area contributed by atoms with Gasteiger partial charge in [-0.2, -0.15) is 0 Å². The Kier molecular flexibility index (Phi) is 2.77. The summed E-state index contributed by atoms with van der Waals surface area (Å²) in [5, 5.41) is 3.13. The first-order valence-corrected chi connectivity index (χ1v) is 5.28. The summed E-state index contributed by atoms with van der Waals surface area (Å²) in [5.41, 5.74) is 2.55. The molecule has 5 heteroatoms. The van der Waals surface area contributed by atoms with Gasteiger partial charge < -0.3 is 10.2 Å². The highest BCUT2D eigenvalue weighted by Gasteiger charge is 2.18. The van der Waals surface area contributed by atoms with Crippen molar-refractivity contribution < 1.29 is 4.74 Å². The van der Waals surface area contributed by atoms with E-state index >= 15 is 0 Å². The number of aromatic nitrogens is 1. The summed E-state index contributed by atoms with van der Waals surface area (Å²) in [6, 6.07) is 0. The fourth-order valence-electron chi connectivity index (χ4n) is 1.49. The second-order valence-electron chi connectivity index (χ2n) is 3.10. The van der Waals surface area contributed by atoms with E-state index in [9.17, 15) is 0 Å². The van der Waals surface area contributed by atoms with Crippen LogP contribution in [0.4, 0.5) is 5.82 Å². The largest absolute Gasteiger partial charge is 0.381 e. The Balaban J connectivity index is 2.05. The van der Waals surface area contributed by atoms with E-state index in [4.69, 9.17) is 10.6 Å². The Hall–Kier alpha value is -0.650. The number of nitrogen functional groups attached to an aromatic ring is 1. The highest BCUT2D eigenvalue weighted by Crippen LogP contribution is 2.30. The van der Waals surface area contributed by atoms with Gasteiger partial charge in [-0.15, -0.1) is 11.3 Å². The third-order valence-corrected chi connectivity index (χ3v) is 3.25. The molecule has 1 fully saturated rings. The minimum absolute atomic E-state index is 0.570. The Morgan fingerprint density at radius 2 is 2.31 bits per heavy atom. The Morgan fingerprint density at radius 1 is 1.54 bits per heavy atom. The molecule has 0 unspecified atom stereocenters. The van der Waals surface area contributed by atoms with Crippen molar-refractivity contribution in [2.75, 3.05) is 18.6 Å². The summed E-state index contributed by atoms with van der Waals surface area (Å²) in [6.45, 7) is 1.71. The van der Waals surface area contributed by atoms with E-state index in [0.29, 0.717) is 5.92 Å². The van der Waals surface area contributed by atoms with Crippen molar-refractivity contribution in [1.29, 1.82) is 0 Å². The molecule has 72 valence electrons. The standard InChI is InChI=1S/C8H13N3OS/c9-11-7-5-13-8(10-7)6-1-3-12-4-2-6/h5-6,11H,1-4,9H2. The van der Waals surface area contributed by atoms with Crippen LogP contribution in [0.3, 0.4) is 0 Å². The van der Waals surface area contributed by atoms with Crippen molar-refractivity contribution in [3.63, 3.8) is 0 Å². The molecule has 0 bridgehead atoms. The van der Waals surface area contributed by atoms with Crippen molar-refractivity contribution in [2.45, 2.75) is 18.8 Å². The van der Waals surface area contributed by atoms with E-state index < -0.39 is 0 Å². The number of hydrazine groups is 1. The molecule has 2 heterocycles. The van der Waals surface area contributed by atoms with Crippen molar-refractivity contribution in [3.8, 4) is 0 Å². The number of anilines is 1. The zero-order valence-corrected chi connectivity index (χ0v) is 8.14. The molecule has 13 heavy (non-hydrogen) atoms. The lowest BCUT2D eigenvalue weighted by Gasteiger charge is -2.19. The van der Waals surface area contributed by atoms with Gasteiger partial charge in [0.15, 0.2) is 5.82 Å². The molecule has 1 aromatic heterocycles. The van der Waals surface area contributed by atoms with Gasteiger partial charge in [0, 0.05) is 24.5 Å². The predicted molar refractivity (Wildman–Crippen MR) is 52.7 cm³/mol. The second kappa shape index (κ2) is 4.04. The number of ether oxygens (including phenoxy) is 1. The van der Waals surface area contributed by atoms with Crippen LogP contribution in [-0.4, -0.2) is 18.2 Å². The Morgan fingerprint density at radius 3 is 2.92 bits per heavy atom. The van der Waals surface area contributed by atoms with Crippen LogP contribution in [0.1, 0.15) is 23.8 Å². The topological polar surface area (TPSA) is 60.2 Å². The highest BCUT2D eigenvalue weighted by molar-refractivity contribution is 7.10. The third kappa shape index (κ3) is 1.99. The van der Waals surface area contributed by atoms with E-state index in [0.717, 1.165) is 31.9 Å². The van der Waals surface area contributed by atoms with E-state index in [1.54, 1.807) is 11.3 Å². The molecule has 0 aromatic carbocycles. The van der Waals surface area contributed by atoms with Gasteiger partial charge in [0.2, 0.25) is 0 Å². The first-order chi connectivity index (χ1) is 6.40. The summed E-state index contributed by atoms with van der Waals surface area (Å²) < 4.78 is 5.29. The average Bonchev–Trinajstić information content (AvgIpc) is 2.67. The molecule has 0 radical (unpaired) electrons. The minimum atomic E-state index is 0.570. The lowest BCUT2D eigenvalue weighted by atomic mass is 10.0. The van der Waals surface area contributed by atoms with E-state index in [1.165, 1.54) is 5.01 Å². The van der Waals surface area contributed by atoms with Gasteiger partial charge in [0.05, 0.1) is 5.01 Å². The molecule has 0 saturated carbocycles. The minimum Gasteiger partial charge on any atom is -0.381 e. The summed E-state index contributed by atoms with van der Waals surface area (Å²) in [7, 11) is 0. The Bertz CT molecular complexity index is 270. The monoisotopic (exact) mass is 199 g/mol. The Labute approximate surface area is 81.1 Å². The quantitative estimate of drug-likeness (QED) is 0.557. The SMILES string of the molecule is NNc1csc(C2CCOCC2)n1. The zero-order valence-electron chi connectivity index (χ0n) is 7.32. The fraction of sp³-hybridized carbons (Fsp3) is 0.625. The lowest BCUT2D eigenvalue weighted by Crippen LogP contribution is -2.14. The van der Waals surface area contributed by atoms with Crippen molar-refractivity contribution in [3.05, 3.63) is 10.4 Å². The molecule has 3 N–H and O–H groups in total. The molecular formula is C8H13N3OS. The summed E-state index contributed by atoms with van der Waals surface area (Å²) in [4.78, 5) is 4.38. The first-order valence-electron chi connectivity index (χ1n) is 4.40. The van der Waals surface area contributed by atoms with Gasteiger partial charge in [-0.25, -0.2) is 10.8 Å². The van der Waals surface area contributed by atoms with Crippen LogP contribution in [0.2, 0.25) is 0 Å². The van der Waals surface area contributed by atoms with E-state index in [1.807, 2.05) is 5.38 Å². The lowest BCUT2D eigenvalue weighted by molar-refractivity contribution is 0.0853. The molecule has 0 atom stereocenters. The van der Waals surface area contributed by atoms with E-state index in [2.05, 4.69) is 10.4 Å². The van der Waals surface area contributed by atoms with Crippen LogP contribution >= 0.6 is 11.3 Å². The van der Waals surface area contributed by atoms with E-state index in [-0.39, 0.29) is 0 Å². The van der Waals surface area contributed by atoms with Gasteiger partial charge in [-0.1, -0.05) is 0 Å². The number of nitrogens with zero attached hydrogens (tertiary/aromatic N) is 1. The number of nitrogens with one attached hydrogen (secondary N) is 1. The number of nitrogens with two attached hydrogens (primary N) is 1. The number of rotatable bonds is 2. The molecule has 4 nitrogen and oxygen atoms in total. The summed E-state index contributed by atoms with van der Waals surface area (Å²) >= 11 is 1.67. The number of hydrogen-bond acceptors (Lipinski definition) is 5. The number of hydrogen-bond donors (Lipinski definition) is 2. The zero-order chi connectivity index (χ0) is 9.10. The smallest absolute Gasteiger partial charge is 0.151 e. The van der Waals surface area contributed by atoms with Crippen molar-refractivity contribution in [1.82, 2.24) is 4.98 Å². The molecule has 1 saturated heterocycles. The van der Waals surface area contributed by atoms with Gasteiger partial charge in [0.25, 0.3) is 0 Å². The van der Waals surface area contributed by atoms with Crippen LogP contribution in [0.15, 0.2) is 5.38 Å². The molecule has 0 spiro atoms. The predicted octanol–water partition coefficient (Wildman–Crippen LogP) is 1.32. The van der Waals surface area contributed by atoms with Gasteiger partial charge in [0.1, 0.15) is 0 Å². The van der Waals surface area contributed by atoms with Gasteiger partial charge in [-0.05, 0) is 12.8 Å². The molecule has 0 amide bonds. The maximum Gasteiger partial charge on any atom is 0.151 e. The fourth-order valence-corrected chi connectivity index (χ4v) is 2.42. The van der Waals surface area contributed by atoms with Crippen LogP contribution in [0.25, 0.3) is 0 Å². The van der Waals surface area contributed by atoms with Crippen LogP contribution in [-0.2, 0) is 4.74 Å². The normalized spacial score (nSPS) is 18.8. The molecular weight excluding hydrogens is 186 g/mol. The third-order valence-electron chi connectivity index (χ3n) is 2.24. The van der Waals surface area contributed by atoms with Crippen LogP contribution < -0.4 is 11.3 Å². The van der Waals surface area contributed by atoms with Crippen LogP contribution in [0.5, 0.6) is 0 Å². The molecule has 0 aliphatic carbocycles. The van der Waals surface area contributed by atoms with Crippen molar-refractivity contribution in [2.24, 2.45) is 5.84 Å². The van der Waals surface area contributed by atoms with Gasteiger partial charge in [-0.3, -0.25) is 0 Å². The maximum absolute atomic E-state index is 5.29. The van der Waals surface area contributed by atoms with Crippen LogP contribution in [0, 0.1) is 0 Å². The van der Waals surface area contributed by atoms with Gasteiger partial charge >= 0.3 is 0 Å². The molecule has 1 aliphatic heterocycles. The first kappa shape index (κ1) is 8.93. The molecule has 1 aromatic rings. The maximum atomic E-state index is 5.29.